The molecule has 0 amide bonds. The molecule has 1 aliphatic heterocycles. The summed E-state index contributed by atoms with van der Waals surface area (Å²) in [6, 6.07) is 0.638. The maximum atomic E-state index is 6.07. The average Bonchev–Trinajstić information content (AvgIpc) is 2.22. The maximum absolute atomic E-state index is 6.07. The third-order valence-corrected chi connectivity index (χ3v) is 3.89. The van der Waals surface area contributed by atoms with Crippen molar-refractivity contribution in [3.63, 3.8) is 0 Å². The Labute approximate surface area is 117 Å². The van der Waals surface area contributed by atoms with Crippen LogP contribution in [-0.4, -0.2) is 30.8 Å². The third kappa shape index (κ3) is 4.92. The van der Waals surface area contributed by atoms with E-state index in [1.807, 2.05) is 0 Å². The fourth-order valence-electron chi connectivity index (χ4n) is 2.86. The Balaban J connectivity index is 0.00000128. The lowest BCUT2D eigenvalue weighted by Gasteiger charge is -2.41. The van der Waals surface area contributed by atoms with Gasteiger partial charge in [0.25, 0.3) is 0 Å². The van der Waals surface area contributed by atoms with E-state index in [0.717, 1.165) is 13.0 Å². The molecule has 104 valence electrons. The first-order valence-corrected chi connectivity index (χ1v) is 6.31. The smallest absolute Gasteiger partial charge is 0.0632 e. The number of hydrogen-bond acceptors (Lipinski definition) is 3. The van der Waals surface area contributed by atoms with Gasteiger partial charge >= 0.3 is 0 Å². The summed E-state index contributed by atoms with van der Waals surface area (Å²) in [4.78, 5) is 0. The molecule has 2 unspecified atom stereocenters. The van der Waals surface area contributed by atoms with Crippen molar-refractivity contribution < 1.29 is 4.74 Å². The quantitative estimate of drug-likeness (QED) is 0.818. The number of nitrogens with one attached hydrogen (secondary N) is 1. The Morgan fingerprint density at radius 1 is 1.18 bits per heavy atom. The topological polar surface area (TPSA) is 47.3 Å². The molecule has 1 saturated carbocycles. The van der Waals surface area contributed by atoms with Crippen molar-refractivity contribution in [2.45, 2.75) is 63.1 Å². The summed E-state index contributed by atoms with van der Waals surface area (Å²) < 4.78 is 5.37. The summed E-state index contributed by atoms with van der Waals surface area (Å²) >= 11 is 0. The predicted octanol–water partition coefficient (Wildman–Crippen LogP) is 2.26. The van der Waals surface area contributed by atoms with Crippen LogP contribution in [0.4, 0.5) is 0 Å². The molecule has 3 N–H and O–H groups in total. The Morgan fingerprint density at radius 3 is 2.41 bits per heavy atom. The van der Waals surface area contributed by atoms with Crippen molar-refractivity contribution >= 4 is 24.8 Å². The van der Waals surface area contributed by atoms with Gasteiger partial charge in [0.15, 0.2) is 0 Å². The molecule has 0 radical (unpaired) electrons. The molecule has 3 nitrogen and oxygen atoms in total. The fraction of sp³-hybridized carbons (Fsp3) is 1.00. The van der Waals surface area contributed by atoms with Gasteiger partial charge < -0.3 is 15.8 Å². The zero-order valence-electron chi connectivity index (χ0n) is 10.6. The third-order valence-electron chi connectivity index (χ3n) is 3.89. The van der Waals surface area contributed by atoms with E-state index < -0.39 is 0 Å². The molecule has 0 spiro atoms. The molecule has 0 bridgehead atoms. The van der Waals surface area contributed by atoms with Crippen LogP contribution in [0.3, 0.4) is 0 Å². The van der Waals surface area contributed by atoms with Crippen molar-refractivity contribution in [1.82, 2.24) is 5.32 Å². The molecular formula is C12H26Cl2N2O. The average molecular weight is 285 g/mol. The second kappa shape index (κ2) is 7.80. The first kappa shape index (κ1) is 17.5. The highest BCUT2D eigenvalue weighted by molar-refractivity contribution is 5.85. The van der Waals surface area contributed by atoms with Gasteiger partial charge in [0.05, 0.1) is 6.61 Å². The first-order chi connectivity index (χ1) is 7.20. The minimum absolute atomic E-state index is 0. The Bertz CT molecular complexity index is 211. The van der Waals surface area contributed by atoms with Crippen LogP contribution in [0.25, 0.3) is 0 Å². The zero-order valence-corrected chi connectivity index (χ0v) is 12.2. The van der Waals surface area contributed by atoms with Crippen LogP contribution >= 0.6 is 24.8 Å². The number of ether oxygens (including phenoxy) is 1. The molecule has 1 saturated heterocycles. The number of rotatable bonds is 2. The van der Waals surface area contributed by atoms with Gasteiger partial charge in [-0.15, -0.1) is 24.8 Å². The van der Waals surface area contributed by atoms with Crippen LogP contribution in [0.2, 0.25) is 0 Å². The molecule has 2 rings (SSSR count). The lowest BCUT2D eigenvalue weighted by atomic mass is 9.82. The highest BCUT2D eigenvalue weighted by Gasteiger charge is 2.32. The van der Waals surface area contributed by atoms with Crippen molar-refractivity contribution in [3.8, 4) is 0 Å². The summed E-state index contributed by atoms with van der Waals surface area (Å²) in [5, 5.41) is 3.78. The highest BCUT2D eigenvalue weighted by Crippen LogP contribution is 2.28. The van der Waals surface area contributed by atoms with E-state index in [2.05, 4.69) is 12.2 Å². The minimum Gasteiger partial charge on any atom is -0.380 e. The van der Waals surface area contributed by atoms with Gasteiger partial charge in [-0.3, -0.25) is 0 Å². The molecule has 2 fully saturated rings. The summed E-state index contributed by atoms with van der Waals surface area (Å²) in [6.45, 7) is 3.93. The Hall–Kier alpha value is 0.460. The molecule has 1 aliphatic carbocycles. The normalized spacial score (nSPS) is 32.1. The SMILES string of the molecule is CC1(NC2CCOCC2N)CCCCC1.Cl.Cl. The fourth-order valence-corrected chi connectivity index (χ4v) is 2.86. The molecule has 1 heterocycles. The molecule has 2 atom stereocenters. The largest absolute Gasteiger partial charge is 0.380 e. The summed E-state index contributed by atoms with van der Waals surface area (Å²) in [6.07, 6.45) is 7.80. The van der Waals surface area contributed by atoms with Crippen LogP contribution in [0.15, 0.2) is 0 Å². The van der Waals surface area contributed by atoms with Crippen molar-refractivity contribution in [2.75, 3.05) is 13.2 Å². The van der Waals surface area contributed by atoms with E-state index in [1.54, 1.807) is 0 Å². The molecule has 0 aromatic heterocycles. The van der Waals surface area contributed by atoms with Crippen molar-refractivity contribution in [1.29, 1.82) is 0 Å². The van der Waals surface area contributed by atoms with Gasteiger partial charge in [-0.25, -0.2) is 0 Å². The molecule has 17 heavy (non-hydrogen) atoms. The Morgan fingerprint density at radius 2 is 1.82 bits per heavy atom. The van der Waals surface area contributed by atoms with Gasteiger partial charge in [0.1, 0.15) is 0 Å². The zero-order chi connectivity index (χ0) is 10.7. The summed E-state index contributed by atoms with van der Waals surface area (Å²) in [5.74, 6) is 0. The van der Waals surface area contributed by atoms with Gasteiger partial charge in [-0.1, -0.05) is 19.3 Å². The lowest BCUT2D eigenvalue weighted by Crippen LogP contribution is -2.58. The van der Waals surface area contributed by atoms with Crippen LogP contribution in [0.1, 0.15) is 45.4 Å². The predicted molar refractivity (Wildman–Crippen MR) is 76.3 cm³/mol. The number of halogens is 2. The van der Waals surface area contributed by atoms with Crippen LogP contribution < -0.4 is 11.1 Å². The van der Waals surface area contributed by atoms with Crippen molar-refractivity contribution in [3.05, 3.63) is 0 Å². The molecule has 0 aromatic rings. The van der Waals surface area contributed by atoms with Crippen LogP contribution in [0, 0.1) is 0 Å². The van der Waals surface area contributed by atoms with E-state index >= 15 is 0 Å². The van der Waals surface area contributed by atoms with E-state index in [0.29, 0.717) is 18.2 Å². The molecule has 5 heteroatoms. The summed E-state index contributed by atoms with van der Waals surface area (Å²) in [5.41, 5.74) is 6.40. The van der Waals surface area contributed by atoms with Gasteiger partial charge in [-0.2, -0.15) is 0 Å². The maximum Gasteiger partial charge on any atom is 0.0632 e. The first-order valence-electron chi connectivity index (χ1n) is 6.31. The monoisotopic (exact) mass is 284 g/mol. The van der Waals surface area contributed by atoms with Gasteiger partial charge in [0.2, 0.25) is 0 Å². The summed E-state index contributed by atoms with van der Waals surface area (Å²) in [7, 11) is 0. The Kier molecular flexibility index (Phi) is 8.01. The number of nitrogens with two attached hydrogens (primary N) is 1. The van der Waals surface area contributed by atoms with E-state index in [9.17, 15) is 0 Å². The molecule has 0 aromatic carbocycles. The highest BCUT2D eigenvalue weighted by atomic mass is 35.5. The van der Waals surface area contributed by atoms with E-state index in [-0.39, 0.29) is 30.9 Å². The molecule has 2 aliphatic rings. The van der Waals surface area contributed by atoms with Gasteiger partial charge in [0, 0.05) is 24.2 Å². The number of hydrogen-bond donors (Lipinski definition) is 2. The van der Waals surface area contributed by atoms with Crippen molar-refractivity contribution in [2.24, 2.45) is 5.73 Å². The van der Waals surface area contributed by atoms with Crippen LogP contribution in [-0.2, 0) is 4.74 Å². The van der Waals surface area contributed by atoms with E-state index in [1.165, 1.54) is 32.1 Å². The van der Waals surface area contributed by atoms with Crippen LogP contribution in [0.5, 0.6) is 0 Å². The molecular weight excluding hydrogens is 259 g/mol. The minimum atomic E-state index is 0. The lowest BCUT2D eigenvalue weighted by molar-refractivity contribution is 0.0489. The standard InChI is InChI=1S/C12H24N2O.2ClH/c1-12(6-3-2-4-7-12)14-11-5-8-15-9-10(11)13;;/h10-11,14H,2-9,13H2,1H3;2*1H. The second-order valence-corrected chi connectivity index (χ2v) is 5.40. The van der Waals surface area contributed by atoms with E-state index in [4.69, 9.17) is 10.5 Å². The second-order valence-electron chi connectivity index (χ2n) is 5.40. The van der Waals surface area contributed by atoms with Gasteiger partial charge in [-0.05, 0) is 26.2 Å².